The fraction of sp³-hybridized carbons (Fsp3) is 0.524. The Morgan fingerprint density at radius 1 is 1.21 bits per heavy atom. The molecule has 1 aliphatic heterocycles. The van der Waals surface area contributed by atoms with E-state index in [9.17, 15) is 0 Å². The summed E-state index contributed by atoms with van der Waals surface area (Å²) in [5, 5.41) is 11.2. The first-order chi connectivity index (χ1) is 13.7. The molecule has 1 atom stereocenters. The summed E-state index contributed by atoms with van der Waals surface area (Å²) >= 11 is 0. The highest BCUT2D eigenvalue weighted by atomic mass is 16.5. The molecule has 0 amide bonds. The highest BCUT2D eigenvalue weighted by Crippen LogP contribution is 2.12. The van der Waals surface area contributed by atoms with Gasteiger partial charge < -0.3 is 15.4 Å². The maximum Gasteiger partial charge on any atom is 0.191 e. The predicted molar refractivity (Wildman–Crippen MR) is 113 cm³/mol. The molecular weight excluding hydrogens is 352 g/mol. The van der Waals surface area contributed by atoms with Crippen molar-refractivity contribution in [3.8, 4) is 5.69 Å². The summed E-state index contributed by atoms with van der Waals surface area (Å²) < 4.78 is 7.36. The maximum absolute atomic E-state index is 5.50. The van der Waals surface area contributed by atoms with Crippen molar-refractivity contribution in [3.05, 3.63) is 48.3 Å². The fourth-order valence-corrected chi connectivity index (χ4v) is 3.53. The highest BCUT2D eigenvalue weighted by molar-refractivity contribution is 5.79. The summed E-state index contributed by atoms with van der Waals surface area (Å²) in [6, 6.07) is 10.7. The lowest BCUT2D eigenvalue weighted by Crippen LogP contribution is -2.52. The molecule has 1 aromatic carbocycles. The normalized spacial score (nSPS) is 16.9. The first-order valence-corrected chi connectivity index (χ1v) is 10.0. The van der Waals surface area contributed by atoms with Gasteiger partial charge in [-0.15, -0.1) is 0 Å². The van der Waals surface area contributed by atoms with E-state index in [1.54, 1.807) is 6.20 Å². The minimum Gasteiger partial charge on any atom is -0.379 e. The van der Waals surface area contributed by atoms with Crippen molar-refractivity contribution in [3.63, 3.8) is 0 Å². The van der Waals surface area contributed by atoms with Crippen LogP contribution < -0.4 is 10.6 Å². The van der Waals surface area contributed by atoms with Gasteiger partial charge >= 0.3 is 0 Å². The number of rotatable bonds is 7. The molecule has 0 aliphatic carbocycles. The maximum atomic E-state index is 5.50. The van der Waals surface area contributed by atoms with Gasteiger partial charge in [0, 0.05) is 51.7 Å². The van der Waals surface area contributed by atoms with Gasteiger partial charge in [0.15, 0.2) is 5.96 Å². The zero-order valence-electron chi connectivity index (χ0n) is 17.1. The van der Waals surface area contributed by atoms with Crippen LogP contribution in [0, 0.1) is 5.92 Å². The Labute approximate surface area is 167 Å². The van der Waals surface area contributed by atoms with Gasteiger partial charge in [-0.3, -0.25) is 9.89 Å². The van der Waals surface area contributed by atoms with Gasteiger partial charge in [-0.05, 0) is 29.7 Å². The smallest absolute Gasteiger partial charge is 0.191 e. The molecule has 1 aliphatic rings. The molecular formula is C21H32N6O. The first-order valence-electron chi connectivity index (χ1n) is 10.0. The molecule has 1 saturated heterocycles. The minimum absolute atomic E-state index is 0.464. The molecule has 7 heteroatoms. The van der Waals surface area contributed by atoms with Crippen LogP contribution >= 0.6 is 0 Å². The van der Waals surface area contributed by atoms with E-state index in [2.05, 4.69) is 63.7 Å². The predicted octanol–water partition coefficient (Wildman–Crippen LogP) is 1.89. The zero-order valence-corrected chi connectivity index (χ0v) is 17.1. The summed E-state index contributed by atoms with van der Waals surface area (Å²) in [6.07, 6.45) is 3.74. The topological polar surface area (TPSA) is 66.7 Å². The molecule has 0 bridgehead atoms. The lowest BCUT2D eigenvalue weighted by molar-refractivity contribution is 0.00752. The number of nitrogens with zero attached hydrogens (tertiary/aromatic N) is 4. The Hall–Kier alpha value is -2.38. The largest absolute Gasteiger partial charge is 0.379 e. The second-order valence-electron chi connectivity index (χ2n) is 7.39. The zero-order chi connectivity index (χ0) is 19.8. The second-order valence-corrected chi connectivity index (χ2v) is 7.39. The van der Waals surface area contributed by atoms with Gasteiger partial charge in [0.2, 0.25) is 0 Å². The van der Waals surface area contributed by atoms with Gasteiger partial charge in [-0.2, -0.15) is 5.10 Å². The van der Waals surface area contributed by atoms with E-state index < -0.39 is 0 Å². The van der Waals surface area contributed by atoms with Crippen LogP contribution in [0.1, 0.15) is 19.4 Å². The van der Waals surface area contributed by atoms with Crippen molar-refractivity contribution in [1.29, 1.82) is 0 Å². The van der Waals surface area contributed by atoms with E-state index in [0.717, 1.165) is 44.5 Å². The third-order valence-corrected chi connectivity index (χ3v) is 5.13. The van der Waals surface area contributed by atoms with Gasteiger partial charge in [0.05, 0.1) is 18.9 Å². The molecule has 0 spiro atoms. The van der Waals surface area contributed by atoms with Gasteiger partial charge in [0.25, 0.3) is 0 Å². The summed E-state index contributed by atoms with van der Waals surface area (Å²) in [4.78, 5) is 6.90. The molecule has 1 aromatic heterocycles. The molecule has 152 valence electrons. The number of morpholine rings is 1. The Morgan fingerprint density at radius 3 is 2.71 bits per heavy atom. The van der Waals surface area contributed by atoms with Gasteiger partial charge in [-0.25, -0.2) is 4.68 Å². The van der Waals surface area contributed by atoms with Crippen molar-refractivity contribution >= 4 is 5.96 Å². The third kappa shape index (κ3) is 5.56. The SMILES string of the molecule is CN=C(NCc1cccc(-n2cccn2)c1)NCC(C(C)C)N1CCOCC1. The molecule has 28 heavy (non-hydrogen) atoms. The molecule has 2 aromatic rings. The van der Waals surface area contributed by atoms with Crippen molar-refractivity contribution in [2.45, 2.75) is 26.4 Å². The Morgan fingerprint density at radius 2 is 2.04 bits per heavy atom. The molecule has 2 N–H and O–H groups in total. The minimum atomic E-state index is 0.464. The Balaban J connectivity index is 1.53. The number of benzene rings is 1. The van der Waals surface area contributed by atoms with E-state index in [1.807, 2.05) is 24.0 Å². The number of hydrogen-bond donors (Lipinski definition) is 2. The monoisotopic (exact) mass is 384 g/mol. The highest BCUT2D eigenvalue weighted by Gasteiger charge is 2.23. The lowest BCUT2D eigenvalue weighted by atomic mass is 10.0. The van der Waals surface area contributed by atoms with E-state index >= 15 is 0 Å². The molecule has 0 radical (unpaired) electrons. The molecule has 0 saturated carbocycles. The van der Waals surface area contributed by atoms with Gasteiger partial charge in [0.1, 0.15) is 0 Å². The van der Waals surface area contributed by atoms with Crippen molar-refractivity contribution in [1.82, 2.24) is 25.3 Å². The van der Waals surface area contributed by atoms with Crippen molar-refractivity contribution in [2.75, 3.05) is 39.9 Å². The summed E-state index contributed by atoms with van der Waals surface area (Å²) in [5.41, 5.74) is 2.24. The van der Waals surface area contributed by atoms with Crippen molar-refractivity contribution in [2.24, 2.45) is 10.9 Å². The van der Waals surface area contributed by atoms with Crippen LogP contribution in [0.2, 0.25) is 0 Å². The van der Waals surface area contributed by atoms with E-state index in [0.29, 0.717) is 18.5 Å². The first kappa shape index (κ1) is 20.4. The number of aromatic nitrogens is 2. The number of aliphatic imine (C=N–C) groups is 1. The van der Waals surface area contributed by atoms with E-state index in [1.165, 1.54) is 5.56 Å². The molecule has 1 fully saturated rings. The quantitative estimate of drug-likeness (QED) is 0.564. The number of nitrogens with one attached hydrogen (secondary N) is 2. The average molecular weight is 385 g/mol. The van der Waals surface area contributed by atoms with Crippen LogP contribution in [0.4, 0.5) is 0 Å². The van der Waals surface area contributed by atoms with Crippen LogP contribution in [0.5, 0.6) is 0 Å². The third-order valence-electron chi connectivity index (χ3n) is 5.13. The van der Waals surface area contributed by atoms with E-state index in [-0.39, 0.29) is 0 Å². The molecule has 2 heterocycles. The van der Waals surface area contributed by atoms with Crippen LogP contribution in [-0.2, 0) is 11.3 Å². The fourth-order valence-electron chi connectivity index (χ4n) is 3.53. The van der Waals surface area contributed by atoms with Crippen molar-refractivity contribution < 1.29 is 4.74 Å². The number of hydrogen-bond acceptors (Lipinski definition) is 4. The summed E-state index contributed by atoms with van der Waals surface area (Å²) in [5.74, 6) is 1.39. The van der Waals surface area contributed by atoms with E-state index in [4.69, 9.17) is 4.74 Å². The Bertz CT molecular complexity index is 737. The lowest BCUT2D eigenvalue weighted by Gasteiger charge is -2.37. The molecule has 1 unspecified atom stereocenters. The van der Waals surface area contributed by atoms with Crippen LogP contribution in [0.15, 0.2) is 47.7 Å². The second kappa shape index (κ2) is 10.2. The molecule has 3 rings (SSSR count). The molecule has 7 nitrogen and oxygen atoms in total. The standard InChI is InChI=1S/C21H32N6O/c1-17(2)20(26-10-12-28-13-11-26)16-24-21(22-3)23-15-18-6-4-7-19(14-18)27-9-5-8-25-27/h4-9,14,17,20H,10-13,15-16H2,1-3H3,(H2,22,23,24). The Kier molecular flexibility index (Phi) is 7.45. The van der Waals surface area contributed by atoms with Crippen LogP contribution in [-0.4, -0.2) is 66.6 Å². The number of ether oxygens (including phenoxy) is 1. The van der Waals surface area contributed by atoms with Gasteiger partial charge in [-0.1, -0.05) is 26.0 Å². The average Bonchev–Trinajstić information content (AvgIpc) is 3.26. The van der Waals surface area contributed by atoms with Crippen LogP contribution in [0.3, 0.4) is 0 Å². The summed E-state index contributed by atoms with van der Waals surface area (Å²) in [6.45, 7) is 9.76. The summed E-state index contributed by atoms with van der Waals surface area (Å²) in [7, 11) is 1.81. The van der Waals surface area contributed by atoms with Crippen LogP contribution in [0.25, 0.3) is 5.69 Å². The number of guanidine groups is 1.